The minimum absolute atomic E-state index is 0.168. The van der Waals surface area contributed by atoms with E-state index < -0.39 is 10.0 Å². The van der Waals surface area contributed by atoms with Crippen molar-refractivity contribution in [2.45, 2.75) is 50.4 Å². The van der Waals surface area contributed by atoms with Crippen LogP contribution < -0.4 is 0 Å². The monoisotopic (exact) mass is 351 g/mol. The van der Waals surface area contributed by atoms with Crippen LogP contribution in [-0.2, 0) is 26.2 Å². The summed E-state index contributed by atoms with van der Waals surface area (Å²) in [5.74, 6) is -0.366. The van der Waals surface area contributed by atoms with Crippen molar-refractivity contribution >= 4 is 16.0 Å². The molecule has 1 aliphatic heterocycles. The predicted molar refractivity (Wildman–Crippen MR) is 91.7 cm³/mol. The third kappa shape index (κ3) is 3.98. The van der Waals surface area contributed by atoms with Crippen molar-refractivity contribution in [3.63, 3.8) is 0 Å². The Morgan fingerprint density at radius 2 is 1.67 bits per heavy atom. The lowest BCUT2D eigenvalue weighted by Gasteiger charge is -2.30. The number of ether oxygens (including phenoxy) is 1. The fraction of sp³-hybridized carbons (Fsp3) is 0.611. The van der Waals surface area contributed by atoms with Gasteiger partial charge in [-0.05, 0) is 44.1 Å². The molecule has 1 aromatic rings. The fourth-order valence-electron chi connectivity index (χ4n) is 3.60. The van der Waals surface area contributed by atoms with E-state index in [4.69, 9.17) is 4.74 Å². The van der Waals surface area contributed by atoms with Gasteiger partial charge in [0.15, 0.2) is 0 Å². The Kier molecular flexibility index (Phi) is 5.56. The topological polar surface area (TPSA) is 63.7 Å². The minimum atomic E-state index is -3.18. The molecule has 6 heteroatoms. The van der Waals surface area contributed by atoms with Gasteiger partial charge in [0.2, 0.25) is 10.0 Å². The number of rotatable bonds is 5. The van der Waals surface area contributed by atoms with E-state index in [0.717, 1.165) is 18.4 Å². The van der Waals surface area contributed by atoms with Gasteiger partial charge >= 0.3 is 5.97 Å². The molecular formula is C18H25NO4S. The standard InChI is InChI=1S/C18H25NO4S/c20-18(23-14-15-6-2-1-3-7-15)16-8-10-17(11-9-16)24(21,22)19-12-4-5-13-19/h1-3,6-7,16-17H,4-5,8-14H2. The van der Waals surface area contributed by atoms with E-state index in [0.29, 0.717) is 38.8 Å². The molecule has 1 saturated carbocycles. The Bertz CT molecular complexity index is 645. The molecule has 1 aliphatic carbocycles. The number of hydrogen-bond acceptors (Lipinski definition) is 4. The molecule has 0 N–H and O–H groups in total. The average Bonchev–Trinajstić information content (AvgIpc) is 3.16. The van der Waals surface area contributed by atoms with Crippen LogP contribution in [-0.4, -0.2) is 37.0 Å². The van der Waals surface area contributed by atoms with Gasteiger partial charge in [-0.3, -0.25) is 4.79 Å². The normalized spacial score (nSPS) is 25.5. The van der Waals surface area contributed by atoms with Crippen molar-refractivity contribution in [1.29, 1.82) is 0 Å². The summed E-state index contributed by atoms with van der Waals surface area (Å²) in [6.45, 7) is 1.59. The Balaban J connectivity index is 1.48. The smallest absolute Gasteiger partial charge is 0.309 e. The third-order valence-electron chi connectivity index (χ3n) is 5.08. The van der Waals surface area contributed by atoms with Gasteiger partial charge in [-0.25, -0.2) is 12.7 Å². The van der Waals surface area contributed by atoms with Gasteiger partial charge in [0, 0.05) is 13.1 Å². The summed E-state index contributed by atoms with van der Waals surface area (Å²) < 4.78 is 32.2. The maximum atomic E-state index is 12.6. The van der Waals surface area contributed by atoms with Gasteiger partial charge in [0.25, 0.3) is 0 Å². The lowest BCUT2D eigenvalue weighted by atomic mass is 9.89. The second-order valence-electron chi connectivity index (χ2n) is 6.72. The van der Waals surface area contributed by atoms with Crippen LogP contribution in [0.1, 0.15) is 44.1 Å². The lowest BCUT2D eigenvalue weighted by Crippen LogP contribution is -2.39. The number of hydrogen-bond donors (Lipinski definition) is 0. The summed E-state index contributed by atoms with van der Waals surface area (Å²) in [4.78, 5) is 12.2. The molecule has 0 aromatic heterocycles. The van der Waals surface area contributed by atoms with E-state index in [1.807, 2.05) is 30.3 Å². The first-order valence-electron chi connectivity index (χ1n) is 8.77. The number of carbonyl (C=O) groups is 1. The van der Waals surface area contributed by atoms with Gasteiger partial charge in [-0.15, -0.1) is 0 Å². The highest BCUT2D eigenvalue weighted by Gasteiger charge is 2.38. The van der Waals surface area contributed by atoms with E-state index in [9.17, 15) is 13.2 Å². The molecule has 0 atom stereocenters. The summed E-state index contributed by atoms with van der Waals surface area (Å²) in [5, 5.41) is -0.325. The number of nitrogens with zero attached hydrogens (tertiary/aromatic N) is 1. The molecule has 1 heterocycles. The van der Waals surface area contributed by atoms with Gasteiger partial charge in [-0.2, -0.15) is 0 Å². The molecular weight excluding hydrogens is 326 g/mol. The maximum absolute atomic E-state index is 12.6. The van der Waals surface area contributed by atoms with Crippen molar-refractivity contribution in [3.8, 4) is 0 Å². The molecule has 5 nitrogen and oxygen atoms in total. The molecule has 0 radical (unpaired) electrons. The predicted octanol–water partition coefficient (Wildman–Crippen LogP) is 2.71. The maximum Gasteiger partial charge on any atom is 0.309 e. The summed E-state index contributed by atoms with van der Waals surface area (Å²) in [5.41, 5.74) is 0.969. The first-order valence-corrected chi connectivity index (χ1v) is 10.3. The zero-order valence-electron chi connectivity index (χ0n) is 13.9. The highest BCUT2D eigenvalue weighted by molar-refractivity contribution is 7.89. The van der Waals surface area contributed by atoms with Crippen LogP contribution >= 0.6 is 0 Å². The van der Waals surface area contributed by atoms with Gasteiger partial charge in [-0.1, -0.05) is 30.3 Å². The molecule has 132 valence electrons. The first kappa shape index (κ1) is 17.4. The van der Waals surface area contributed by atoms with E-state index in [2.05, 4.69) is 0 Å². The van der Waals surface area contributed by atoms with Crippen LogP contribution in [0.25, 0.3) is 0 Å². The molecule has 2 fully saturated rings. The van der Waals surface area contributed by atoms with Crippen LogP contribution in [0, 0.1) is 5.92 Å². The molecule has 0 amide bonds. The van der Waals surface area contributed by atoms with Crippen molar-refractivity contribution in [3.05, 3.63) is 35.9 Å². The highest BCUT2D eigenvalue weighted by Crippen LogP contribution is 2.32. The van der Waals surface area contributed by atoms with Gasteiger partial charge in [0.05, 0.1) is 11.2 Å². The molecule has 1 aromatic carbocycles. The molecule has 1 saturated heterocycles. The van der Waals surface area contributed by atoms with Gasteiger partial charge in [0.1, 0.15) is 6.61 Å². The lowest BCUT2D eigenvalue weighted by molar-refractivity contribution is -0.151. The van der Waals surface area contributed by atoms with Crippen molar-refractivity contribution in [2.75, 3.05) is 13.1 Å². The van der Waals surface area contributed by atoms with E-state index in [1.54, 1.807) is 4.31 Å². The van der Waals surface area contributed by atoms with Crippen molar-refractivity contribution < 1.29 is 17.9 Å². The largest absolute Gasteiger partial charge is 0.461 e. The van der Waals surface area contributed by atoms with Crippen molar-refractivity contribution in [2.24, 2.45) is 5.92 Å². The molecule has 0 unspecified atom stereocenters. The number of esters is 1. The molecule has 2 aliphatic rings. The number of benzene rings is 1. The zero-order valence-corrected chi connectivity index (χ0v) is 14.7. The van der Waals surface area contributed by atoms with E-state index in [1.165, 1.54) is 0 Å². The quantitative estimate of drug-likeness (QED) is 0.765. The second kappa shape index (κ2) is 7.66. The summed E-state index contributed by atoms with van der Waals surface area (Å²) in [7, 11) is -3.18. The van der Waals surface area contributed by atoms with Gasteiger partial charge < -0.3 is 4.74 Å². The van der Waals surface area contributed by atoms with Crippen LogP contribution in [0.4, 0.5) is 0 Å². The summed E-state index contributed by atoms with van der Waals surface area (Å²) in [6, 6.07) is 9.60. The Labute approximate surface area is 144 Å². The molecule has 3 rings (SSSR count). The van der Waals surface area contributed by atoms with Crippen LogP contribution in [0.3, 0.4) is 0 Å². The van der Waals surface area contributed by atoms with E-state index >= 15 is 0 Å². The average molecular weight is 351 g/mol. The van der Waals surface area contributed by atoms with Crippen LogP contribution in [0.2, 0.25) is 0 Å². The first-order chi connectivity index (χ1) is 11.6. The Morgan fingerprint density at radius 3 is 2.29 bits per heavy atom. The SMILES string of the molecule is O=C(OCc1ccccc1)C1CCC(S(=O)(=O)N2CCCC2)CC1. The third-order valence-corrected chi connectivity index (χ3v) is 7.48. The molecule has 0 bridgehead atoms. The van der Waals surface area contributed by atoms with Crippen LogP contribution in [0.15, 0.2) is 30.3 Å². The van der Waals surface area contributed by atoms with E-state index in [-0.39, 0.29) is 23.7 Å². The highest BCUT2D eigenvalue weighted by atomic mass is 32.2. The van der Waals surface area contributed by atoms with Crippen LogP contribution in [0.5, 0.6) is 0 Å². The zero-order chi connectivity index (χ0) is 17.0. The number of carbonyl (C=O) groups excluding carboxylic acids is 1. The Hall–Kier alpha value is -1.40. The summed E-state index contributed by atoms with van der Waals surface area (Å²) in [6.07, 6.45) is 4.24. The van der Waals surface area contributed by atoms with Crippen molar-refractivity contribution in [1.82, 2.24) is 4.31 Å². The fourth-order valence-corrected chi connectivity index (χ4v) is 5.65. The summed E-state index contributed by atoms with van der Waals surface area (Å²) >= 11 is 0. The molecule has 24 heavy (non-hydrogen) atoms. The molecule has 0 spiro atoms. The number of sulfonamides is 1. The minimum Gasteiger partial charge on any atom is -0.461 e. The second-order valence-corrected chi connectivity index (χ2v) is 8.93. The Morgan fingerprint density at radius 1 is 1.04 bits per heavy atom.